The highest BCUT2D eigenvalue weighted by atomic mass is 32.2. The van der Waals surface area contributed by atoms with Crippen LogP contribution in [-0.2, 0) is 0 Å². The maximum atomic E-state index is 13.2. The molecular formula is C14H16FNO2S. The van der Waals surface area contributed by atoms with Gasteiger partial charge in [0.2, 0.25) is 0 Å². The molecule has 102 valence electrons. The van der Waals surface area contributed by atoms with E-state index in [0.717, 1.165) is 18.2 Å². The van der Waals surface area contributed by atoms with Gasteiger partial charge >= 0.3 is 0 Å². The van der Waals surface area contributed by atoms with Crippen molar-refractivity contribution in [1.82, 2.24) is 5.32 Å². The number of hydrogen-bond donors (Lipinski definition) is 2. The first-order valence-electron chi connectivity index (χ1n) is 5.85. The molecule has 19 heavy (non-hydrogen) atoms. The van der Waals surface area contributed by atoms with Crippen molar-refractivity contribution in [3.8, 4) is 11.8 Å². The smallest absolute Gasteiger partial charge is 0.252 e. The summed E-state index contributed by atoms with van der Waals surface area (Å²) in [5.41, 5.74) is 0.614. The number of aliphatic hydroxyl groups is 1. The van der Waals surface area contributed by atoms with Crippen molar-refractivity contribution in [1.29, 1.82) is 0 Å². The Balaban J connectivity index is 2.79. The van der Waals surface area contributed by atoms with Gasteiger partial charge in [-0.05, 0) is 36.6 Å². The molecule has 0 radical (unpaired) electrons. The summed E-state index contributed by atoms with van der Waals surface area (Å²) in [6.45, 7) is 0.245. The van der Waals surface area contributed by atoms with Crippen LogP contribution >= 0.6 is 11.8 Å². The summed E-state index contributed by atoms with van der Waals surface area (Å²) >= 11 is 1.70. The van der Waals surface area contributed by atoms with Crippen LogP contribution < -0.4 is 5.32 Å². The molecule has 0 aliphatic carbocycles. The summed E-state index contributed by atoms with van der Waals surface area (Å²) in [5, 5.41) is 11.4. The largest absolute Gasteiger partial charge is 0.384 e. The first-order chi connectivity index (χ1) is 9.19. The van der Waals surface area contributed by atoms with E-state index in [1.54, 1.807) is 11.8 Å². The fourth-order valence-electron chi connectivity index (χ4n) is 1.46. The quantitative estimate of drug-likeness (QED) is 0.637. The van der Waals surface area contributed by atoms with E-state index < -0.39 is 5.82 Å². The molecule has 0 aliphatic rings. The number of amides is 1. The molecule has 0 atom stereocenters. The third kappa shape index (κ3) is 5.33. The van der Waals surface area contributed by atoms with Gasteiger partial charge in [0.05, 0.1) is 5.56 Å². The van der Waals surface area contributed by atoms with Gasteiger partial charge in [-0.25, -0.2) is 4.39 Å². The molecule has 0 fully saturated rings. The number of thioether (sulfide) groups is 1. The van der Waals surface area contributed by atoms with Gasteiger partial charge in [-0.1, -0.05) is 11.8 Å². The van der Waals surface area contributed by atoms with E-state index in [2.05, 4.69) is 17.2 Å². The van der Waals surface area contributed by atoms with Crippen LogP contribution in [0.5, 0.6) is 0 Å². The normalized spacial score (nSPS) is 9.63. The maximum absolute atomic E-state index is 13.2. The lowest BCUT2D eigenvalue weighted by molar-refractivity contribution is 0.0953. The molecule has 3 nitrogen and oxygen atoms in total. The molecule has 0 bridgehead atoms. The van der Waals surface area contributed by atoms with Crippen LogP contribution in [0.1, 0.15) is 22.3 Å². The summed E-state index contributed by atoms with van der Waals surface area (Å²) in [7, 11) is 0. The Morgan fingerprint density at radius 2 is 2.32 bits per heavy atom. The van der Waals surface area contributed by atoms with Gasteiger partial charge in [0.25, 0.3) is 5.91 Å². The van der Waals surface area contributed by atoms with E-state index in [0.29, 0.717) is 12.1 Å². The molecule has 0 spiro atoms. The minimum Gasteiger partial charge on any atom is -0.384 e. The minimum atomic E-state index is -0.483. The number of halogens is 1. The monoisotopic (exact) mass is 281 g/mol. The number of aliphatic hydroxyl groups excluding tert-OH is 1. The molecule has 0 saturated carbocycles. The molecule has 1 rings (SSSR count). The standard InChI is InChI=1S/C14H16FNO2S/c1-19-9-3-7-16-14(18)13-10-12(15)6-5-11(13)4-2-8-17/h5-6,10,17H,3,7-9H2,1H3,(H,16,18). The molecule has 0 aliphatic heterocycles. The van der Waals surface area contributed by atoms with Crippen LogP contribution in [-0.4, -0.2) is 36.2 Å². The predicted octanol–water partition coefficient (Wildman–Crippen LogP) is 1.65. The average Bonchev–Trinajstić information content (AvgIpc) is 2.42. The molecule has 0 heterocycles. The summed E-state index contributed by atoms with van der Waals surface area (Å²) < 4.78 is 13.2. The van der Waals surface area contributed by atoms with Crippen molar-refractivity contribution in [2.45, 2.75) is 6.42 Å². The minimum absolute atomic E-state index is 0.199. The second-order valence-electron chi connectivity index (χ2n) is 3.75. The van der Waals surface area contributed by atoms with Crippen molar-refractivity contribution < 1.29 is 14.3 Å². The summed E-state index contributed by atoms with van der Waals surface area (Å²) in [4.78, 5) is 11.9. The zero-order valence-corrected chi connectivity index (χ0v) is 11.5. The second-order valence-corrected chi connectivity index (χ2v) is 4.74. The van der Waals surface area contributed by atoms with Crippen LogP contribution in [0.15, 0.2) is 18.2 Å². The first kappa shape index (κ1) is 15.5. The van der Waals surface area contributed by atoms with E-state index in [-0.39, 0.29) is 18.1 Å². The Morgan fingerprint density at radius 1 is 1.53 bits per heavy atom. The Bertz CT molecular complexity index is 494. The molecule has 0 saturated heterocycles. The van der Waals surface area contributed by atoms with E-state index >= 15 is 0 Å². The van der Waals surface area contributed by atoms with Gasteiger partial charge in [0, 0.05) is 12.1 Å². The summed E-state index contributed by atoms with van der Waals surface area (Å²) in [6.07, 6.45) is 2.86. The van der Waals surface area contributed by atoms with Gasteiger partial charge in [0.1, 0.15) is 12.4 Å². The van der Waals surface area contributed by atoms with Crippen molar-refractivity contribution in [3.05, 3.63) is 35.1 Å². The van der Waals surface area contributed by atoms with Gasteiger partial charge in [-0.15, -0.1) is 0 Å². The van der Waals surface area contributed by atoms with Crippen molar-refractivity contribution >= 4 is 17.7 Å². The maximum Gasteiger partial charge on any atom is 0.252 e. The third-order valence-electron chi connectivity index (χ3n) is 2.34. The number of nitrogens with one attached hydrogen (secondary N) is 1. The van der Waals surface area contributed by atoms with Crippen molar-refractivity contribution in [3.63, 3.8) is 0 Å². The van der Waals surface area contributed by atoms with Gasteiger partial charge in [-0.2, -0.15) is 11.8 Å². The molecule has 2 N–H and O–H groups in total. The molecule has 1 amide bonds. The predicted molar refractivity (Wildman–Crippen MR) is 75.7 cm³/mol. The highest BCUT2D eigenvalue weighted by molar-refractivity contribution is 7.98. The first-order valence-corrected chi connectivity index (χ1v) is 7.25. The Kier molecular flexibility index (Phi) is 7.01. The lowest BCUT2D eigenvalue weighted by Gasteiger charge is -2.07. The Morgan fingerprint density at radius 3 is 3.00 bits per heavy atom. The van der Waals surface area contributed by atoms with Crippen LogP contribution in [0.2, 0.25) is 0 Å². The molecule has 5 heteroatoms. The highest BCUT2D eigenvalue weighted by Crippen LogP contribution is 2.10. The summed E-state index contributed by atoms with van der Waals surface area (Å²) in [5.74, 6) is 5.23. The fourth-order valence-corrected chi connectivity index (χ4v) is 1.89. The molecule has 1 aromatic carbocycles. The van der Waals surface area contributed by atoms with Crippen LogP contribution in [0.4, 0.5) is 4.39 Å². The third-order valence-corrected chi connectivity index (χ3v) is 3.04. The zero-order valence-electron chi connectivity index (χ0n) is 10.7. The number of carbonyl (C=O) groups is 1. The topological polar surface area (TPSA) is 49.3 Å². The number of carbonyl (C=O) groups excluding carboxylic acids is 1. The SMILES string of the molecule is CSCCCNC(=O)c1cc(F)ccc1C#CCO. The van der Waals surface area contributed by atoms with Crippen molar-refractivity contribution in [2.24, 2.45) is 0 Å². The number of benzene rings is 1. The van der Waals surface area contributed by atoms with Gasteiger partial charge in [0.15, 0.2) is 0 Å². The van der Waals surface area contributed by atoms with E-state index in [4.69, 9.17) is 5.11 Å². The zero-order chi connectivity index (χ0) is 14.1. The average molecular weight is 281 g/mol. The van der Waals surface area contributed by atoms with Gasteiger partial charge in [-0.3, -0.25) is 4.79 Å². The van der Waals surface area contributed by atoms with Crippen LogP contribution in [0.25, 0.3) is 0 Å². The van der Waals surface area contributed by atoms with Crippen LogP contribution in [0, 0.1) is 17.7 Å². The second kappa shape index (κ2) is 8.57. The Labute approximate surface area is 116 Å². The highest BCUT2D eigenvalue weighted by Gasteiger charge is 2.10. The van der Waals surface area contributed by atoms with E-state index in [1.165, 1.54) is 12.1 Å². The molecule has 0 unspecified atom stereocenters. The Hall–Kier alpha value is -1.51. The lowest BCUT2D eigenvalue weighted by Crippen LogP contribution is -2.25. The van der Waals surface area contributed by atoms with E-state index in [1.807, 2.05) is 6.26 Å². The summed E-state index contributed by atoms with van der Waals surface area (Å²) in [6, 6.07) is 3.84. The fraction of sp³-hybridized carbons (Fsp3) is 0.357. The number of hydrogen-bond acceptors (Lipinski definition) is 3. The molecular weight excluding hydrogens is 265 g/mol. The van der Waals surface area contributed by atoms with Gasteiger partial charge < -0.3 is 10.4 Å². The van der Waals surface area contributed by atoms with Crippen molar-refractivity contribution in [2.75, 3.05) is 25.2 Å². The number of rotatable bonds is 5. The molecule has 1 aromatic rings. The van der Waals surface area contributed by atoms with Crippen LogP contribution in [0.3, 0.4) is 0 Å². The van der Waals surface area contributed by atoms with E-state index in [9.17, 15) is 9.18 Å². The lowest BCUT2D eigenvalue weighted by atomic mass is 10.1. The molecule has 0 aromatic heterocycles.